The second-order valence-electron chi connectivity index (χ2n) is 14.5. The summed E-state index contributed by atoms with van der Waals surface area (Å²) < 4.78 is 36.2. The highest BCUT2D eigenvalue weighted by Gasteiger charge is 2.39. The Morgan fingerprint density at radius 1 is 0.821 bits per heavy atom. The minimum absolute atomic E-state index is 0.0867. The van der Waals surface area contributed by atoms with E-state index in [0.717, 1.165) is 61.0 Å². The van der Waals surface area contributed by atoms with E-state index < -0.39 is 23.0 Å². The first-order chi connectivity index (χ1) is 26.9. The molecule has 7 heteroatoms. The zero-order valence-corrected chi connectivity index (χ0v) is 32.3. The van der Waals surface area contributed by atoms with E-state index >= 15 is 0 Å². The number of anilines is 1. The van der Waals surface area contributed by atoms with Gasteiger partial charge in [-0.15, -0.1) is 0 Å². The molecule has 0 aliphatic carbocycles. The molecule has 0 saturated heterocycles. The average molecular weight is 766 g/mol. The molecule has 6 aromatic rings. The number of fused-ring (bicyclic) bond motifs is 4. The summed E-state index contributed by atoms with van der Waals surface area (Å²) >= 11 is 6.31. The number of aryl methyl sites for hydroxylation is 2. The lowest BCUT2D eigenvalue weighted by Gasteiger charge is -2.39. The first-order valence-corrected chi connectivity index (χ1v) is 18.9. The van der Waals surface area contributed by atoms with E-state index in [0.29, 0.717) is 34.3 Å². The van der Waals surface area contributed by atoms with Crippen molar-refractivity contribution in [1.82, 2.24) is 0 Å². The Morgan fingerprint density at radius 3 is 2.14 bits per heavy atom. The van der Waals surface area contributed by atoms with Gasteiger partial charge in [-0.25, -0.2) is 8.78 Å². The summed E-state index contributed by atoms with van der Waals surface area (Å²) in [5.74, 6) is -1.06. The number of ether oxygens (including phenoxy) is 1. The van der Waals surface area contributed by atoms with Crippen LogP contribution < -0.4 is 9.64 Å². The molecule has 0 bridgehead atoms. The van der Waals surface area contributed by atoms with Crippen molar-refractivity contribution >= 4 is 44.8 Å². The van der Waals surface area contributed by atoms with Crippen molar-refractivity contribution in [2.24, 2.45) is 0 Å². The summed E-state index contributed by atoms with van der Waals surface area (Å²) in [7, 11) is 0. The number of halogens is 3. The SMILES string of the molecule is C=C(/C=C/C=C/C(C)=C1/Oc2ccc(Cl)cc2N1CCC(=O)O)C(Cc1cc(F)cc(F)c1)(Cc1ccccc1C)c1c(C)c2ccccc2c2ccccc12. The van der Waals surface area contributed by atoms with Gasteiger partial charge < -0.3 is 14.7 Å². The fourth-order valence-corrected chi connectivity index (χ4v) is 8.30. The second kappa shape index (κ2) is 16.0. The quantitative estimate of drug-likeness (QED) is 0.0996. The lowest BCUT2D eigenvalue weighted by atomic mass is 9.63. The van der Waals surface area contributed by atoms with Crippen LogP contribution in [0.1, 0.15) is 41.2 Å². The van der Waals surface area contributed by atoms with Crippen molar-refractivity contribution in [3.05, 3.63) is 202 Å². The van der Waals surface area contributed by atoms with E-state index in [1.807, 2.05) is 72.5 Å². The average Bonchev–Trinajstić information content (AvgIpc) is 3.53. The standard InChI is InChI=1S/C49H42ClF2NO3/c1-31-13-6-8-16-36(31)30-49(29-35-25-38(51)28-39(52)26-35,47-34(4)40-17-9-10-18-41(40)42-19-11-12-20-43(42)47)33(3)15-7-5-14-32(2)48-53(24-23-46(54)55)44-27-37(50)21-22-45(44)56-48/h5-22,25-28H,3,23-24,29-30H2,1-2,4H3,(H,54,55)/b14-5+,15-7+,48-32+. The third-order valence-corrected chi connectivity index (χ3v) is 11.0. The molecule has 56 heavy (non-hydrogen) atoms. The van der Waals surface area contributed by atoms with Crippen LogP contribution in [0.2, 0.25) is 5.02 Å². The Hall–Kier alpha value is -5.98. The van der Waals surface area contributed by atoms with Crippen LogP contribution in [0.4, 0.5) is 14.5 Å². The number of carboxylic acids is 1. The van der Waals surface area contributed by atoms with Crippen molar-refractivity contribution in [2.75, 3.05) is 11.4 Å². The Morgan fingerprint density at radius 2 is 1.45 bits per heavy atom. The van der Waals surface area contributed by atoms with Crippen LogP contribution in [0, 0.1) is 25.5 Å². The van der Waals surface area contributed by atoms with Crippen molar-refractivity contribution in [1.29, 1.82) is 0 Å². The molecule has 1 N–H and O–H groups in total. The molecule has 0 radical (unpaired) electrons. The van der Waals surface area contributed by atoms with Crippen LogP contribution in [-0.2, 0) is 23.1 Å². The van der Waals surface area contributed by atoms with Gasteiger partial charge in [0.2, 0.25) is 5.88 Å². The summed E-state index contributed by atoms with van der Waals surface area (Å²) in [6, 6.07) is 34.0. The van der Waals surface area contributed by atoms with Gasteiger partial charge in [-0.05, 0) is 119 Å². The number of rotatable bonds is 12. The van der Waals surface area contributed by atoms with Crippen LogP contribution >= 0.6 is 11.6 Å². The van der Waals surface area contributed by atoms with Crippen LogP contribution in [0.5, 0.6) is 5.75 Å². The fraction of sp³-hybridized carbons (Fsp3) is 0.163. The molecule has 0 fully saturated rings. The zero-order valence-electron chi connectivity index (χ0n) is 31.6. The first kappa shape index (κ1) is 38.3. The molecule has 1 heterocycles. The molecule has 6 aromatic carbocycles. The molecular formula is C49H42ClF2NO3. The number of hydrogen-bond donors (Lipinski definition) is 1. The molecule has 1 aliphatic rings. The van der Waals surface area contributed by atoms with E-state index in [-0.39, 0.29) is 19.4 Å². The number of hydrogen-bond acceptors (Lipinski definition) is 3. The molecule has 4 nitrogen and oxygen atoms in total. The molecule has 1 aliphatic heterocycles. The molecule has 0 saturated carbocycles. The molecule has 1 atom stereocenters. The number of carboxylic acid groups (broad SMARTS) is 1. The summed E-state index contributed by atoms with van der Waals surface area (Å²) in [6.45, 7) is 11.1. The number of aliphatic carboxylic acids is 1. The Kier molecular flexibility index (Phi) is 11.0. The number of benzene rings is 6. The fourth-order valence-electron chi connectivity index (χ4n) is 8.14. The lowest BCUT2D eigenvalue weighted by molar-refractivity contribution is -0.136. The number of carbonyl (C=O) groups is 1. The topological polar surface area (TPSA) is 49.8 Å². The van der Waals surface area contributed by atoms with Crippen LogP contribution in [0.15, 0.2) is 157 Å². The molecule has 0 amide bonds. The van der Waals surface area contributed by atoms with Gasteiger partial charge >= 0.3 is 5.97 Å². The number of nitrogens with zero attached hydrogens (tertiary/aromatic N) is 1. The smallest absolute Gasteiger partial charge is 0.305 e. The van der Waals surface area contributed by atoms with Crippen molar-refractivity contribution < 1.29 is 23.4 Å². The van der Waals surface area contributed by atoms with Crippen molar-refractivity contribution in [2.45, 2.75) is 45.4 Å². The van der Waals surface area contributed by atoms with Gasteiger partial charge in [-0.3, -0.25) is 4.79 Å². The Bertz CT molecular complexity index is 2590. The van der Waals surface area contributed by atoms with Gasteiger partial charge in [0.1, 0.15) is 11.6 Å². The maximum Gasteiger partial charge on any atom is 0.305 e. The van der Waals surface area contributed by atoms with Crippen molar-refractivity contribution in [3.63, 3.8) is 0 Å². The van der Waals surface area contributed by atoms with Gasteiger partial charge in [-0.1, -0.05) is 115 Å². The third kappa shape index (κ3) is 7.62. The maximum atomic E-state index is 15.0. The predicted octanol–water partition coefficient (Wildman–Crippen LogP) is 12.5. The normalized spacial score (nSPS) is 14.7. The molecule has 0 spiro atoms. The second-order valence-corrected chi connectivity index (χ2v) is 14.9. The third-order valence-electron chi connectivity index (χ3n) is 10.8. The van der Waals surface area contributed by atoms with E-state index in [4.69, 9.17) is 22.9 Å². The molecule has 1 unspecified atom stereocenters. The van der Waals surface area contributed by atoms with Gasteiger partial charge in [0, 0.05) is 28.6 Å². The largest absolute Gasteiger partial charge is 0.481 e. The first-order valence-electron chi connectivity index (χ1n) is 18.6. The van der Waals surface area contributed by atoms with E-state index in [2.05, 4.69) is 50.2 Å². The van der Waals surface area contributed by atoms with E-state index in [1.165, 1.54) is 12.1 Å². The molecule has 0 aromatic heterocycles. The van der Waals surface area contributed by atoms with Gasteiger partial charge in [0.15, 0.2) is 5.75 Å². The zero-order chi connectivity index (χ0) is 39.6. The minimum Gasteiger partial charge on any atom is -0.481 e. The minimum atomic E-state index is -0.918. The molecule has 282 valence electrons. The van der Waals surface area contributed by atoms with E-state index in [1.54, 1.807) is 18.2 Å². The monoisotopic (exact) mass is 765 g/mol. The number of allylic oxidation sites excluding steroid dienone is 6. The van der Waals surface area contributed by atoms with E-state index in [9.17, 15) is 18.7 Å². The Balaban J connectivity index is 1.38. The highest BCUT2D eigenvalue weighted by atomic mass is 35.5. The summed E-state index contributed by atoms with van der Waals surface area (Å²) in [6.07, 6.45) is 8.42. The van der Waals surface area contributed by atoms with Crippen molar-refractivity contribution in [3.8, 4) is 5.75 Å². The van der Waals surface area contributed by atoms with Crippen LogP contribution in [0.3, 0.4) is 0 Å². The maximum absolute atomic E-state index is 15.0. The lowest BCUT2D eigenvalue weighted by Crippen LogP contribution is -2.35. The van der Waals surface area contributed by atoms with Gasteiger partial charge in [0.25, 0.3) is 0 Å². The predicted molar refractivity (Wildman–Crippen MR) is 225 cm³/mol. The van der Waals surface area contributed by atoms with Gasteiger partial charge in [-0.2, -0.15) is 0 Å². The summed E-state index contributed by atoms with van der Waals surface area (Å²) in [5, 5.41) is 14.4. The highest BCUT2D eigenvalue weighted by Crippen LogP contribution is 2.47. The van der Waals surface area contributed by atoms with Gasteiger partial charge in [0.05, 0.1) is 12.1 Å². The summed E-state index contributed by atoms with van der Waals surface area (Å²) in [4.78, 5) is 13.4. The molecular weight excluding hydrogens is 724 g/mol. The Labute approximate surface area is 331 Å². The van der Waals surface area contributed by atoms with Crippen LogP contribution in [0.25, 0.3) is 21.5 Å². The summed E-state index contributed by atoms with van der Waals surface area (Å²) in [5.41, 5.74) is 6.26. The van der Waals surface area contributed by atoms with Crippen LogP contribution in [-0.4, -0.2) is 17.6 Å². The highest BCUT2D eigenvalue weighted by molar-refractivity contribution is 6.31. The molecule has 7 rings (SSSR count).